The molecule has 3 aromatic rings. The lowest BCUT2D eigenvalue weighted by Crippen LogP contribution is -2.29. The fourth-order valence-electron chi connectivity index (χ4n) is 2.96. The van der Waals surface area contributed by atoms with Crippen LogP contribution in [0.5, 0.6) is 5.75 Å². The molecule has 0 fully saturated rings. The van der Waals surface area contributed by atoms with E-state index in [2.05, 4.69) is 55.2 Å². The first-order valence-corrected chi connectivity index (χ1v) is 9.89. The van der Waals surface area contributed by atoms with E-state index in [1.165, 1.54) is 27.7 Å². The molecule has 0 N–H and O–H groups in total. The van der Waals surface area contributed by atoms with E-state index in [4.69, 9.17) is 4.74 Å². The van der Waals surface area contributed by atoms with Crippen molar-refractivity contribution < 1.29 is 4.74 Å². The minimum absolute atomic E-state index is 0.799. The predicted octanol–water partition coefficient (Wildman–Crippen LogP) is 5.76. The van der Waals surface area contributed by atoms with E-state index in [1.54, 1.807) is 0 Å². The third-order valence-electron chi connectivity index (χ3n) is 4.28. The Balaban J connectivity index is 0.000000229. The number of ether oxygens (including phenoxy) is 1. The summed E-state index contributed by atoms with van der Waals surface area (Å²) in [5.41, 5.74) is 5.01. The van der Waals surface area contributed by atoms with Crippen molar-refractivity contribution in [1.29, 1.82) is 0 Å². The summed E-state index contributed by atoms with van der Waals surface area (Å²) in [5.74, 6) is 1.02. The Bertz CT molecular complexity index is 824. The average molecular weight is 370 g/mol. The molecule has 27 heavy (non-hydrogen) atoms. The van der Waals surface area contributed by atoms with Gasteiger partial charge in [0, 0.05) is 19.5 Å². The molecule has 0 amide bonds. The van der Waals surface area contributed by atoms with Gasteiger partial charge in [-0.3, -0.25) is 4.68 Å². The molecule has 0 atom stereocenters. The normalized spacial score (nSPS) is 11.6. The van der Waals surface area contributed by atoms with E-state index in [0.717, 1.165) is 18.9 Å². The maximum absolute atomic E-state index is 5.53. The van der Waals surface area contributed by atoms with Gasteiger partial charge in [-0.2, -0.15) is 5.10 Å². The van der Waals surface area contributed by atoms with Gasteiger partial charge >= 0.3 is 0 Å². The van der Waals surface area contributed by atoms with E-state index < -0.39 is 0 Å². The molecule has 2 heterocycles. The largest absolute Gasteiger partial charge is 0.490 e. The summed E-state index contributed by atoms with van der Waals surface area (Å²) in [6.07, 6.45) is 1.91. The second-order valence-electron chi connectivity index (χ2n) is 5.97. The number of hydrogen-bond acceptors (Lipinski definition) is 3. The van der Waals surface area contributed by atoms with E-state index in [9.17, 15) is 0 Å². The number of hydrogen-bond donors (Lipinski definition) is 0. The number of aryl methyl sites for hydroxylation is 3. The van der Waals surface area contributed by atoms with E-state index in [-0.39, 0.29) is 0 Å². The molecule has 0 bridgehead atoms. The third kappa shape index (κ3) is 5.49. The summed E-state index contributed by atoms with van der Waals surface area (Å²) >= 11 is 0. The molecule has 0 saturated heterocycles. The highest BCUT2D eigenvalue weighted by atomic mass is 16.5. The monoisotopic (exact) mass is 369 g/mol. The highest BCUT2D eigenvalue weighted by Crippen LogP contribution is 2.33. The first-order valence-electron chi connectivity index (χ1n) is 9.89. The summed E-state index contributed by atoms with van der Waals surface area (Å²) in [7, 11) is 4.07. The lowest BCUT2D eigenvalue weighted by atomic mass is 10.1. The number of likely N-dealkylation sites (N-methyl/N-ethyl adjacent to an activating group) is 1. The van der Waals surface area contributed by atoms with Crippen molar-refractivity contribution in [3.8, 4) is 5.75 Å². The van der Waals surface area contributed by atoms with Gasteiger partial charge in [0.15, 0.2) is 0 Å². The average Bonchev–Trinajstić information content (AvgIpc) is 3.08. The van der Waals surface area contributed by atoms with Crippen molar-refractivity contribution in [3.63, 3.8) is 0 Å². The van der Waals surface area contributed by atoms with E-state index >= 15 is 0 Å². The van der Waals surface area contributed by atoms with E-state index in [1.807, 2.05) is 57.8 Å². The zero-order valence-corrected chi connectivity index (χ0v) is 18.2. The van der Waals surface area contributed by atoms with Crippen LogP contribution in [0.2, 0.25) is 0 Å². The second kappa shape index (κ2) is 11.3. The maximum Gasteiger partial charge on any atom is 0.142 e. The number of fused-ring (bicyclic) bond motifs is 2. The van der Waals surface area contributed by atoms with Crippen LogP contribution < -0.4 is 9.64 Å². The predicted molar refractivity (Wildman–Crippen MR) is 118 cm³/mol. The van der Waals surface area contributed by atoms with E-state index in [0.29, 0.717) is 0 Å². The standard InChI is InChI=1S/C10H13NO.C9H10N2.2C2H6/c1-8-4-3-5-9-10(8)11(2)6-7-12-9;1-7-4-3-5-9-8(7)6-10-11(9)2;2*1-2/h3-5H,6-7H2,1-2H3;3-6H,1-2H3;2*1-2H3. The van der Waals surface area contributed by atoms with Crippen LogP contribution in [-0.2, 0) is 7.05 Å². The molecule has 2 aromatic carbocycles. The van der Waals surface area contributed by atoms with Crippen molar-refractivity contribution in [2.75, 3.05) is 25.1 Å². The molecule has 148 valence electrons. The molecule has 4 heteroatoms. The van der Waals surface area contributed by atoms with Crippen LogP contribution in [0.15, 0.2) is 42.6 Å². The number of para-hydroxylation sites is 1. The minimum atomic E-state index is 0.799. The number of rotatable bonds is 0. The minimum Gasteiger partial charge on any atom is -0.490 e. The topological polar surface area (TPSA) is 30.3 Å². The lowest BCUT2D eigenvalue weighted by Gasteiger charge is -2.29. The molecule has 1 aromatic heterocycles. The van der Waals surface area contributed by atoms with Crippen molar-refractivity contribution in [2.24, 2.45) is 7.05 Å². The number of benzene rings is 2. The maximum atomic E-state index is 5.53. The van der Waals surface area contributed by atoms with Gasteiger partial charge in [0.2, 0.25) is 0 Å². The highest BCUT2D eigenvalue weighted by molar-refractivity contribution is 5.81. The fraction of sp³-hybridized carbons (Fsp3) is 0.435. The number of aromatic nitrogens is 2. The molecule has 0 aliphatic carbocycles. The Hall–Kier alpha value is -2.49. The smallest absolute Gasteiger partial charge is 0.142 e. The van der Waals surface area contributed by atoms with Crippen LogP contribution in [0.3, 0.4) is 0 Å². The molecule has 0 spiro atoms. The SMILES string of the molecule is CC.CC.Cc1cccc2c1N(C)CCO2.Cc1cccc2c1cnn2C. The number of anilines is 1. The van der Waals surface area contributed by atoms with Gasteiger partial charge in [-0.15, -0.1) is 0 Å². The highest BCUT2D eigenvalue weighted by Gasteiger charge is 2.15. The van der Waals surface area contributed by atoms with Gasteiger partial charge in [0.25, 0.3) is 0 Å². The van der Waals surface area contributed by atoms with Crippen LogP contribution in [0.4, 0.5) is 5.69 Å². The van der Waals surface area contributed by atoms with Crippen molar-refractivity contribution in [3.05, 3.63) is 53.7 Å². The summed E-state index contributed by atoms with van der Waals surface area (Å²) < 4.78 is 7.42. The summed E-state index contributed by atoms with van der Waals surface area (Å²) in [5, 5.41) is 5.42. The number of nitrogens with zero attached hydrogens (tertiary/aromatic N) is 3. The molecule has 0 saturated carbocycles. The van der Waals surface area contributed by atoms with Gasteiger partial charge in [0.05, 0.1) is 23.9 Å². The van der Waals surface area contributed by atoms with Gasteiger partial charge < -0.3 is 9.64 Å². The van der Waals surface area contributed by atoms with Crippen LogP contribution in [-0.4, -0.2) is 30.0 Å². The van der Waals surface area contributed by atoms with Crippen LogP contribution in [0.25, 0.3) is 10.9 Å². The Labute approximate surface area is 164 Å². The lowest BCUT2D eigenvalue weighted by molar-refractivity contribution is 0.311. The molecule has 0 unspecified atom stereocenters. The zero-order valence-electron chi connectivity index (χ0n) is 18.2. The first kappa shape index (κ1) is 22.6. The second-order valence-corrected chi connectivity index (χ2v) is 5.97. The summed E-state index contributed by atoms with van der Waals surface area (Å²) in [6, 6.07) is 12.4. The van der Waals surface area contributed by atoms with Gasteiger partial charge in [0.1, 0.15) is 12.4 Å². The van der Waals surface area contributed by atoms with Crippen LogP contribution >= 0.6 is 0 Å². The Morgan fingerprint density at radius 2 is 1.52 bits per heavy atom. The molecular formula is C23H35N3O. The Morgan fingerprint density at radius 3 is 2.15 bits per heavy atom. The zero-order chi connectivity index (χ0) is 20.4. The first-order chi connectivity index (χ1) is 13.1. The Kier molecular flexibility index (Phi) is 9.41. The van der Waals surface area contributed by atoms with Crippen molar-refractivity contribution >= 4 is 16.6 Å². The summed E-state index contributed by atoms with van der Waals surface area (Å²) in [6.45, 7) is 14.0. The van der Waals surface area contributed by atoms with Crippen LogP contribution in [0, 0.1) is 13.8 Å². The van der Waals surface area contributed by atoms with Crippen molar-refractivity contribution in [1.82, 2.24) is 9.78 Å². The third-order valence-corrected chi connectivity index (χ3v) is 4.28. The van der Waals surface area contributed by atoms with Gasteiger partial charge in [-0.25, -0.2) is 0 Å². The quantitative estimate of drug-likeness (QED) is 0.505. The summed E-state index contributed by atoms with van der Waals surface area (Å²) in [4.78, 5) is 2.24. The molecule has 1 aliphatic heterocycles. The molecule has 0 radical (unpaired) electrons. The van der Waals surface area contributed by atoms with Crippen molar-refractivity contribution in [2.45, 2.75) is 41.5 Å². The molecule has 4 nitrogen and oxygen atoms in total. The molecule has 4 rings (SSSR count). The molecule has 1 aliphatic rings. The van der Waals surface area contributed by atoms with Gasteiger partial charge in [-0.05, 0) is 37.1 Å². The molecular weight excluding hydrogens is 334 g/mol. The fourth-order valence-corrected chi connectivity index (χ4v) is 2.96. The van der Waals surface area contributed by atoms with Crippen LogP contribution in [0.1, 0.15) is 38.8 Å². The Morgan fingerprint density at radius 1 is 0.889 bits per heavy atom. The van der Waals surface area contributed by atoms with Gasteiger partial charge in [-0.1, -0.05) is 52.0 Å².